The fourth-order valence-corrected chi connectivity index (χ4v) is 5.27. The SMILES string of the molecule is O=C(CN1C(=O)[C@@H](C(=O)N2CCCCCC2)Sc2ccccc21)Nc1ccc(C(F)(F)F)cc1. The number of benzene rings is 2. The van der Waals surface area contributed by atoms with Gasteiger partial charge in [0, 0.05) is 23.7 Å². The van der Waals surface area contributed by atoms with Gasteiger partial charge in [0.05, 0.1) is 11.3 Å². The van der Waals surface area contributed by atoms with Crippen molar-refractivity contribution in [2.75, 3.05) is 29.9 Å². The van der Waals surface area contributed by atoms with E-state index in [-0.39, 0.29) is 18.1 Å². The number of thioether (sulfide) groups is 1. The van der Waals surface area contributed by atoms with Crippen molar-refractivity contribution < 1.29 is 27.6 Å². The van der Waals surface area contributed by atoms with Crippen LogP contribution in [0.2, 0.25) is 0 Å². The number of rotatable bonds is 4. The first kappa shape index (κ1) is 24.1. The average molecular weight is 492 g/mol. The van der Waals surface area contributed by atoms with Crippen LogP contribution in [-0.2, 0) is 20.6 Å². The molecule has 2 aromatic rings. The monoisotopic (exact) mass is 491 g/mol. The predicted molar refractivity (Wildman–Crippen MR) is 124 cm³/mol. The zero-order valence-electron chi connectivity index (χ0n) is 18.3. The van der Waals surface area contributed by atoms with Crippen molar-refractivity contribution >= 4 is 40.9 Å². The quantitative estimate of drug-likeness (QED) is 0.637. The fraction of sp³-hybridized carbons (Fsp3) is 0.375. The smallest absolute Gasteiger partial charge is 0.341 e. The Kier molecular flexibility index (Phi) is 7.16. The highest BCUT2D eigenvalue weighted by Crippen LogP contribution is 2.40. The summed E-state index contributed by atoms with van der Waals surface area (Å²) in [5, 5.41) is 1.55. The number of anilines is 2. The van der Waals surface area contributed by atoms with Crippen LogP contribution in [0.15, 0.2) is 53.4 Å². The van der Waals surface area contributed by atoms with Gasteiger partial charge < -0.3 is 15.1 Å². The molecule has 10 heteroatoms. The Morgan fingerprint density at radius 3 is 2.26 bits per heavy atom. The number of carbonyl (C=O) groups is 3. The maximum absolute atomic E-state index is 13.4. The minimum atomic E-state index is -4.47. The van der Waals surface area contributed by atoms with Crippen molar-refractivity contribution in [2.45, 2.75) is 42.0 Å². The molecule has 1 atom stereocenters. The van der Waals surface area contributed by atoms with Crippen LogP contribution in [0.4, 0.5) is 24.5 Å². The van der Waals surface area contributed by atoms with Gasteiger partial charge in [-0.25, -0.2) is 0 Å². The molecule has 2 aliphatic rings. The van der Waals surface area contributed by atoms with Crippen molar-refractivity contribution in [2.24, 2.45) is 0 Å². The molecule has 1 N–H and O–H groups in total. The van der Waals surface area contributed by atoms with E-state index in [1.54, 1.807) is 29.2 Å². The van der Waals surface area contributed by atoms with Gasteiger partial charge in [0.25, 0.3) is 5.91 Å². The van der Waals surface area contributed by atoms with E-state index in [2.05, 4.69) is 5.32 Å². The molecule has 0 saturated carbocycles. The summed E-state index contributed by atoms with van der Waals surface area (Å²) in [6, 6.07) is 11.1. The van der Waals surface area contributed by atoms with Gasteiger partial charge in [0.2, 0.25) is 11.8 Å². The van der Waals surface area contributed by atoms with Crippen molar-refractivity contribution in [1.29, 1.82) is 0 Å². The van der Waals surface area contributed by atoms with E-state index in [4.69, 9.17) is 0 Å². The Morgan fingerprint density at radius 2 is 1.62 bits per heavy atom. The largest absolute Gasteiger partial charge is 0.416 e. The molecule has 180 valence electrons. The molecule has 0 aromatic heterocycles. The summed E-state index contributed by atoms with van der Waals surface area (Å²) in [6.45, 7) is 0.861. The molecule has 1 saturated heterocycles. The Hall–Kier alpha value is -3.01. The second kappa shape index (κ2) is 10.1. The molecule has 2 aliphatic heterocycles. The number of halogens is 3. The number of amides is 3. The number of hydrogen-bond acceptors (Lipinski definition) is 4. The molecule has 3 amide bonds. The summed E-state index contributed by atoms with van der Waals surface area (Å²) in [4.78, 5) is 43.0. The Balaban J connectivity index is 1.51. The molecule has 2 aromatic carbocycles. The van der Waals surface area contributed by atoms with Gasteiger partial charge in [-0.1, -0.05) is 25.0 Å². The highest BCUT2D eigenvalue weighted by molar-refractivity contribution is 8.01. The molecule has 1 fully saturated rings. The first-order valence-electron chi connectivity index (χ1n) is 11.1. The van der Waals surface area contributed by atoms with Gasteiger partial charge >= 0.3 is 6.18 Å². The Labute approximate surface area is 199 Å². The summed E-state index contributed by atoms with van der Waals surface area (Å²) >= 11 is 1.19. The van der Waals surface area contributed by atoms with E-state index in [1.165, 1.54) is 16.7 Å². The zero-order chi connectivity index (χ0) is 24.3. The Morgan fingerprint density at radius 1 is 0.971 bits per heavy atom. The molecule has 34 heavy (non-hydrogen) atoms. The fourth-order valence-electron chi connectivity index (χ4n) is 4.08. The number of carbonyl (C=O) groups excluding carboxylic acids is 3. The van der Waals surface area contributed by atoms with Crippen molar-refractivity contribution in [1.82, 2.24) is 4.90 Å². The Bertz CT molecular complexity index is 1070. The van der Waals surface area contributed by atoms with Gasteiger partial charge in [0.1, 0.15) is 6.54 Å². The molecular formula is C24H24F3N3O3S. The molecule has 0 unspecified atom stereocenters. The highest BCUT2D eigenvalue weighted by Gasteiger charge is 2.40. The first-order valence-corrected chi connectivity index (χ1v) is 11.9. The number of alkyl halides is 3. The van der Waals surface area contributed by atoms with Crippen molar-refractivity contribution in [3.05, 3.63) is 54.1 Å². The maximum Gasteiger partial charge on any atom is 0.416 e. The number of fused-ring (bicyclic) bond motifs is 1. The van der Waals surface area contributed by atoms with E-state index >= 15 is 0 Å². The number of likely N-dealkylation sites (tertiary alicyclic amines) is 1. The summed E-state index contributed by atoms with van der Waals surface area (Å²) < 4.78 is 38.3. The van der Waals surface area contributed by atoms with Gasteiger partial charge in [-0.3, -0.25) is 14.4 Å². The topological polar surface area (TPSA) is 69.7 Å². The standard InChI is InChI=1S/C24H24F3N3O3S/c25-24(26,27)16-9-11-17(12-10-16)28-20(31)15-30-18-7-3-4-8-19(18)34-21(23(30)33)22(32)29-13-5-1-2-6-14-29/h3-4,7-12,21H,1-2,5-6,13-15H2,(H,28,31)/t21-/m1/s1. The third kappa shape index (κ3) is 5.38. The van der Waals surface area contributed by atoms with Crippen LogP contribution in [0.3, 0.4) is 0 Å². The second-order valence-electron chi connectivity index (χ2n) is 8.25. The summed E-state index contributed by atoms with van der Waals surface area (Å²) in [5.41, 5.74) is -0.111. The molecule has 0 bridgehead atoms. The minimum absolute atomic E-state index is 0.183. The molecular weight excluding hydrogens is 467 g/mol. The normalized spacial score (nSPS) is 18.8. The van der Waals surface area contributed by atoms with Crippen LogP contribution in [0.25, 0.3) is 0 Å². The predicted octanol–water partition coefficient (Wildman–Crippen LogP) is 4.55. The van der Waals surface area contributed by atoms with Gasteiger partial charge in [-0.05, 0) is 49.2 Å². The second-order valence-corrected chi connectivity index (χ2v) is 9.40. The van der Waals surface area contributed by atoms with Crippen LogP contribution in [0, 0.1) is 0 Å². The number of nitrogens with one attached hydrogen (secondary N) is 1. The number of nitrogens with zero attached hydrogens (tertiary/aromatic N) is 2. The van der Waals surface area contributed by atoms with Crippen LogP contribution in [0.1, 0.15) is 31.2 Å². The molecule has 4 rings (SSSR count). The van der Waals surface area contributed by atoms with Crippen LogP contribution in [0.5, 0.6) is 0 Å². The number of hydrogen-bond donors (Lipinski definition) is 1. The lowest BCUT2D eigenvalue weighted by atomic mass is 10.2. The molecule has 0 spiro atoms. The third-order valence-corrected chi connectivity index (χ3v) is 7.07. The zero-order valence-corrected chi connectivity index (χ0v) is 19.1. The summed E-state index contributed by atoms with van der Waals surface area (Å²) in [5.74, 6) is -1.30. The summed E-state index contributed by atoms with van der Waals surface area (Å²) in [7, 11) is 0. The highest BCUT2D eigenvalue weighted by atomic mass is 32.2. The van der Waals surface area contributed by atoms with E-state index < -0.39 is 28.8 Å². The van der Waals surface area contributed by atoms with E-state index in [1.807, 2.05) is 0 Å². The third-order valence-electron chi connectivity index (χ3n) is 5.83. The first-order chi connectivity index (χ1) is 16.2. The molecule has 6 nitrogen and oxygen atoms in total. The van der Waals surface area contributed by atoms with E-state index in [0.717, 1.165) is 54.8 Å². The van der Waals surface area contributed by atoms with Crippen LogP contribution < -0.4 is 10.2 Å². The van der Waals surface area contributed by atoms with Crippen molar-refractivity contribution in [3.8, 4) is 0 Å². The van der Waals surface area contributed by atoms with Crippen LogP contribution in [-0.4, -0.2) is 47.5 Å². The lowest BCUT2D eigenvalue weighted by Crippen LogP contribution is -2.51. The lowest BCUT2D eigenvalue weighted by Gasteiger charge is -2.34. The molecule has 0 aliphatic carbocycles. The van der Waals surface area contributed by atoms with E-state index in [9.17, 15) is 27.6 Å². The maximum atomic E-state index is 13.4. The number of para-hydroxylation sites is 1. The summed E-state index contributed by atoms with van der Waals surface area (Å²) in [6.07, 6.45) is -0.581. The van der Waals surface area contributed by atoms with Crippen molar-refractivity contribution in [3.63, 3.8) is 0 Å². The van der Waals surface area contributed by atoms with Gasteiger partial charge in [-0.15, -0.1) is 11.8 Å². The lowest BCUT2D eigenvalue weighted by molar-refractivity contribution is -0.137. The average Bonchev–Trinajstić information content (AvgIpc) is 3.10. The van der Waals surface area contributed by atoms with Gasteiger partial charge in [-0.2, -0.15) is 13.2 Å². The molecule has 0 radical (unpaired) electrons. The minimum Gasteiger partial charge on any atom is -0.341 e. The van der Waals surface area contributed by atoms with Gasteiger partial charge in [0.15, 0.2) is 5.25 Å². The molecule has 2 heterocycles. The van der Waals surface area contributed by atoms with Crippen LogP contribution >= 0.6 is 11.8 Å². The van der Waals surface area contributed by atoms with E-state index in [0.29, 0.717) is 18.8 Å².